The molecule has 2 N–H and O–H groups in total. The molecule has 1 heterocycles. The molecule has 1 aromatic carbocycles. The van der Waals surface area contributed by atoms with Gasteiger partial charge in [-0.1, -0.05) is 0 Å². The van der Waals surface area contributed by atoms with E-state index in [-0.39, 0.29) is 0 Å². The topological polar surface area (TPSA) is 86.7 Å². The molecule has 1 fully saturated rings. The predicted octanol–water partition coefficient (Wildman–Crippen LogP) is 1.34. The Morgan fingerprint density at radius 1 is 1.37 bits per heavy atom. The molecule has 1 aliphatic rings. The molecule has 0 aromatic heterocycles. The molecule has 100 valence electrons. The van der Waals surface area contributed by atoms with Crippen LogP contribution in [0.5, 0.6) is 0 Å². The third-order valence-corrected chi connectivity index (χ3v) is 3.34. The lowest BCUT2D eigenvalue weighted by Crippen LogP contribution is -2.37. The molecule has 1 atom stereocenters. The number of nitrogens with one attached hydrogen (secondary N) is 1. The molecule has 2 rings (SSSR count). The smallest absolute Gasteiger partial charge is 0.323 e. The predicted molar refractivity (Wildman–Crippen MR) is 66.1 cm³/mol. The number of thioether (sulfide) groups is 1. The van der Waals surface area contributed by atoms with Gasteiger partial charge in [0.1, 0.15) is 12.4 Å². The molecule has 0 aliphatic carbocycles. The van der Waals surface area contributed by atoms with Gasteiger partial charge >= 0.3 is 5.97 Å². The van der Waals surface area contributed by atoms with Gasteiger partial charge in [0.2, 0.25) is 0 Å². The summed E-state index contributed by atoms with van der Waals surface area (Å²) in [5.41, 5.74) is 0.470. The number of carboxylic acids is 1. The largest absolute Gasteiger partial charge is 0.480 e. The van der Waals surface area contributed by atoms with Crippen LogP contribution < -0.4 is 5.32 Å². The zero-order valence-electron chi connectivity index (χ0n) is 9.50. The van der Waals surface area contributed by atoms with E-state index >= 15 is 0 Å². The molecular weight excluding hydrogens is 275 g/mol. The quantitative estimate of drug-likeness (QED) is 0.867. The van der Waals surface area contributed by atoms with Crippen LogP contribution in [-0.4, -0.2) is 39.0 Å². The Balaban J connectivity index is 2.06. The molecular formula is C11H9FN2O4S. The minimum absolute atomic E-state index is 0.417. The van der Waals surface area contributed by atoms with Crippen LogP contribution in [0.2, 0.25) is 0 Å². The molecule has 2 amide bonds. The number of carbonyl (C=O) groups excluding carboxylic acids is 2. The summed E-state index contributed by atoms with van der Waals surface area (Å²) in [5, 5.41) is 9.83. The number of anilines is 1. The lowest BCUT2D eigenvalue weighted by atomic mass is 10.3. The van der Waals surface area contributed by atoms with Crippen molar-refractivity contribution in [2.45, 2.75) is 5.37 Å². The monoisotopic (exact) mass is 284 g/mol. The van der Waals surface area contributed by atoms with Crippen LogP contribution in [0.4, 0.5) is 14.9 Å². The second kappa shape index (κ2) is 5.27. The summed E-state index contributed by atoms with van der Waals surface area (Å²) in [6, 6.07) is 5.27. The van der Waals surface area contributed by atoms with E-state index in [1.165, 1.54) is 24.3 Å². The first-order chi connectivity index (χ1) is 8.97. The highest BCUT2D eigenvalue weighted by atomic mass is 32.2. The second-order valence-corrected chi connectivity index (χ2v) is 4.79. The van der Waals surface area contributed by atoms with Crippen LogP contribution in [0.1, 0.15) is 0 Å². The van der Waals surface area contributed by atoms with Crippen molar-refractivity contribution >= 4 is 34.6 Å². The van der Waals surface area contributed by atoms with E-state index in [1.54, 1.807) is 0 Å². The van der Waals surface area contributed by atoms with Gasteiger partial charge < -0.3 is 10.4 Å². The fourth-order valence-electron chi connectivity index (χ4n) is 1.51. The van der Waals surface area contributed by atoms with Crippen molar-refractivity contribution in [3.63, 3.8) is 0 Å². The van der Waals surface area contributed by atoms with Gasteiger partial charge in [-0.3, -0.25) is 19.3 Å². The molecule has 0 spiro atoms. The number of aliphatic carboxylic acids is 1. The third-order valence-electron chi connectivity index (χ3n) is 2.36. The molecule has 1 aromatic rings. The third kappa shape index (κ3) is 3.02. The number of hydrogen-bond acceptors (Lipinski definition) is 5. The minimum Gasteiger partial charge on any atom is -0.480 e. The maximum absolute atomic E-state index is 12.7. The molecule has 19 heavy (non-hydrogen) atoms. The highest BCUT2D eigenvalue weighted by Crippen LogP contribution is 2.27. The van der Waals surface area contributed by atoms with Crippen molar-refractivity contribution in [2.24, 2.45) is 0 Å². The van der Waals surface area contributed by atoms with E-state index in [0.29, 0.717) is 22.3 Å². The lowest BCUT2D eigenvalue weighted by molar-refractivity contribution is -0.141. The normalized spacial score (nSPS) is 18.8. The Labute approximate surface area is 111 Å². The molecule has 0 bridgehead atoms. The number of imide groups is 1. The Morgan fingerprint density at radius 3 is 2.58 bits per heavy atom. The maximum atomic E-state index is 12.7. The van der Waals surface area contributed by atoms with Gasteiger partial charge in [0.25, 0.3) is 11.1 Å². The lowest BCUT2D eigenvalue weighted by Gasteiger charge is -2.12. The molecule has 1 saturated heterocycles. The summed E-state index contributed by atoms with van der Waals surface area (Å²) < 4.78 is 12.7. The summed E-state index contributed by atoms with van der Waals surface area (Å²) in [4.78, 5) is 34.5. The number of amides is 2. The van der Waals surface area contributed by atoms with Crippen LogP contribution in [0.3, 0.4) is 0 Å². The highest BCUT2D eigenvalue weighted by molar-refractivity contribution is 8.15. The Morgan fingerprint density at radius 2 is 2.00 bits per heavy atom. The second-order valence-electron chi connectivity index (χ2n) is 3.73. The number of benzene rings is 1. The Hall–Kier alpha value is -2.09. The first-order valence-corrected chi connectivity index (χ1v) is 6.11. The molecule has 0 saturated carbocycles. The summed E-state index contributed by atoms with van der Waals surface area (Å²) in [5.74, 6) is -2.30. The van der Waals surface area contributed by atoms with Crippen LogP contribution in [0.25, 0.3) is 0 Å². The first kappa shape index (κ1) is 13.3. The standard InChI is InChI=1S/C11H9FN2O4S/c12-6-1-3-7(4-2-6)13-9-10(17)14(5-8(15)16)11(18)19-9/h1-4,9,13H,5H2,(H,15,16)/t9-/m0/s1. The Kier molecular flexibility index (Phi) is 3.70. The zero-order chi connectivity index (χ0) is 14.0. The van der Waals surface area contributed by atoms with E-state index in [4.69, 9.17) is 5.11 Å². The van der Waals surface area contributed by atoms with Crippen LogP contribution in [0, 0.1) is 5.82 Å². The van der Waals surface area contributed by atoms with Crippen molar-refractivity contribution < 1.29 is 23.9 Å². The highest BCUT2D eigenvalue weighted by Gasteiger charge is 2.40. The number of nitrogens with zero attached hydrogens (tertiary/aromatic N) is 1. The Bertz CT molecular complexity index is 534. The van der Waals surface area contributed by atoms with Gasteiger partial charge in [0, 0.05) is 5.69 Å². The van der Waals surface area contributed by atoms with Crippen molar-refractivity contribution in [1.29, 1.82) is 0 Å². The maximum Gasteiger partial charge on any atom is 0.323 e. The van der Waals surface area contributed by atoms with Crippen molar-refractivity contribution in [1.82, 2.24) is 4.90 Å². The average molecular weight is 284 g/mol. The number of halogens is 1. The van der Waals surface area contributed by atoms with Gasteiger partial charge in [-0.15, -0.1) is 0 Å². The number of rotatable bonds is 4. The zero-order valence-corrected chi connectivity index (χ0v) is 10.3. The van der Waals surface area contributed by atoms with Crippen molar-refractivity contribution in [3.05, 3.63) is 30.1 Å². The summed E-state index contributed by atoms with van der Waals surface area (Å²) in [7, 11) is 0. The van der Waals surface area contributed by atoms with E-state index in [9.17, 15) is 18.8 Å². The van der Waals surface area contributed by atoms with Gasteiger partial charge in [-0.25, -0.2) is 4.39 Å². The minimum atomic E-state index is -1.26. The number of carboxylic acid groups (broad SMARTS) is 1. The SMILES string of the molecule is O=C(O)CN1C(=O)S[C@H](Nc2ccc(F)cc2)C1=O. The van der Waals surface area contributed by atoms with Crippen LogP contribution in [-0.2, 0) is 9.59 Å². The number of carbonyl (C=O) groups is 3. The molecule has 0 radical (unpaired) electrons. The van der Waals surface area contributed by atoms with Crippen LogP contribution in [0.15, 0.2) is 24.3 Å². The molecule has 8 heteroatoms. The van der Waals surface area contributed by atoms with Gasteiger partial charge in [-0.2, -0.15) is 0 Å². The van der Waals surface area contributed by atoms with Crippen molar-refractivity contribution in [2.75, 3.05) is 11.9 Å². The summed E-state index contributed by atoms with van der Waals surface area (Å²) in [6.07, 6.45) is 0. The van der Waals surface area contributed by atoms with Gasteiger partial charge in [0.15, 0.2) is 5.37 Å². The van der Waals surface area contributed by atoms with Gasteiger partial charge in [0.05, 0.1) is 0 Å². The summed E-state index contributed by atoms with van der Waals surface area (Å²) >= 11 is 0.692. The van der Waals surface area contributed by atoms with Crippen LogP contribution >= 0.6 is 11.8 Å². The van der Waals surface area contributed by atoms with Gasteiger partial charge in [-0.05, 0) is 36.0 Å². The number of hydrogen-bond donors (Lipinski definition) is 2. The molecule has 6 nitrogen and oxygen atoms in total. The first-order valence-electron chi connectivity index (χ1n) is 5.23. The summed E-state index contributed by atoms with van der Waals surface area (Å²) in [6.45, 7) is -0.660. The van der Waals surface area contributed by atoms with E-state index in [1.807, 2.05) is 0 Å². The fourth-order valence-corrected chi connectivity index (χ4v) is 2.42. The van der Waals surface area contributed by atoms with E-state index in [0.717, 1.165) is 0 Å². The van der Waals surface area contributed by atoms with Crippen molar-refractivity contribution in [3.8, 4) is 0 Å². The molecule has 0 unspecified atom stereocenters. The van der Waals surface area contributed by atoms with E-state index < -0.39 is 34.9 Å². The molecule has 1 aliphatic heterocycles. The van der Waals surface area contributed by atoms with E-state index in [2.05, 4.69) is 5.32 Å². The average Bonchev–Trinajstić information content (AvgIpc) is 2.60. The fraction of sp³-hybridized carbons (Fsp3) is 0.182.